The summed E-state index contributed by atoms with van der Waals surface area (Å²) >= 11 is 0. The maximum atomic E-state index is 12.6. The van der Waals surface area contributed by atoms with Gasteiger partial charge in [0.25, 0.3) is 0 Å². The molecule has 0 radical (unpaired) electrons. The number of cyclic esters (lactones) is 1. The Balaban J connectivity index is 1.56. The Kier molecular flexibility index (Phi) is 5.54. The van der Waals surface area contributed by atoms with Crippen LogP contribution in [0.2, 0.25) is 0 Å². The van der Waals surface area contributed by atoms with Crippen molar-refractivity contribution in [3.05, 3.63) is 18.2 Å². The van der Waals surface area contributed by atoms with E-state index in [9.17, 15) is 9.90 Å². The van der Waals surface area contributed by atoms with Gasteiger partial charge in [0.2, 0.25) is 11.6 Å². The summed E-state index contributed by atoms with van der Waals surface area (Å²) in [4.78, 5) is 14.1. The summed E-state index contributed by atoms with van der Waals surface area (Å²) < 4.78 is 39.9. The van der Waals surface area contributed by atoms with Gasteiger partial charge in [-0.15, -0.1) is 0 Å². The van der Waals surface area contributed by atoms with E-state index in [0.717, 1.165) is 0 Å². The molecule has 1 N–H and O–H groups in total. The number of carbonyl (C=O) groups is 1. The highest BCUT2D eigenvalue weighted by atomic mass is 16.8. The SMILES string of the molecule is CO[C@]1(C)O[C@@H](CO)[C@H](C2CN(c3ccc4c(c3)OCCO4)C(=O)O2)O[C@@]1(C)OC. The van der Waals surface area contributed by atoms with Crippen LogP contribution in [0.5, 0.6) is 11.5 Å². The lowest BCUT2D eigenvalue weighted by Gasteiger charge is -2.52. The molecular weight excluding hydrogens is 398 g/mol. The average Bonchev–Trinajstić information content (AvgIpc) is 3.16. The van der Waals surface area contributed by atoms with Crippen molar-refractivity contribution < 1.29 is 43.1 Å². The molecule has 4 rings (SSSR count). The number of aliphatic hydroxyl groups excluding tert-OH is 1. The van der Waals surface area contributed by atoms with Crippen LogP contribution in [0.4, 0.5) is 10.5 Å². The molecule has 10 nitrogen and oxygen atoms in total. The fourth-order valence-electron chi connectivity index (χ4n) is 3.90. The van der Waals surface area contributed by atoms with Gasteiger partial charge in [-0.1, -0.05) is 0 Å². The van der Waals surface area contributed by atoms with Crippen LogP contribution in [-0.4, -0.2) is 81.7 Å². The van der Waals surface area contributed by atoms with Crippen molar-refractivity contribution in [2.45, 2.75) is 43.7 Å². The summed E-state index contributed by atoms with van der Waals surface area (Å²) in [5, 5.41) is 9.89. The molecule has 166 valence electrons. The monoisotopic (exact) mass is 425 g/mol. The zero-order chi connectivity index (χ0) is 21.5. The number of methoxy groups -OCH3 is 2. The quantitative estimate of drug-likeness (QED) is 0.747. The first-order chi connectivity index (χ1) is 14.3. The van der Waals surface area contributed by atoms with E-state index in [1.807, 2.05) is 0 Å². The minimum atomic E-state index is -1.28. The topological polar surface area (TPSA) is 105 Å². The second kappa shape index (κ2) is 7.86. The van der Waals surface area contributed by atoms with Crippen molar-refractivity contribution >= 4 is 11.8 Å². The van der Waals surface area contributed by atoms with Crippen molar-refractivity contribution in [1.82, 2.24) is 0 Å². The molecule has 3 aliphatic heterocycles. The Labute approximate surface area is 174 Å². The number of ether oxygens (including phenoxy) is 7. The predicted molar refractivity (Wildman–Crippen MR) is 103 cm³/mol. The third-order valence-corrected chi connectivity index (χ3v) is 5.93. The summed E-state index contributed by atoms with van der Waals surface area (Å²) in [5.41, 5.74) is 0.611. The third-order valence-electron chi connectivity index (χ3n) is 5.93. The van der Waals surface area contributed by atoms with Gasteiger partial charge in [-0.05, 0) is 26.0 Å². The molecule has 30 heavy (non-hydrogen) atoms. The zero-order valence-electron chi connectivity index (χ0n) is 17.5. The Morgan fingerprint density at radius 3 is 2.43 bits per heavy atom. The average molecular weight is 425 g/mol. The van der Waals surface area contributed by atoms with E-state index >= 15 is 0 Å². The Morgan fingerprint density at radius 2 is 1.77 bits per heavy atom. The number of aliphatic hydroxyl groups is 1. The molecule has 0 aromatic heterocycles. The fourth-order valence-corrected chi connectivity index (χ4v) is 3.90. The molecule has 1 aromatic carbocycles. The molecule has 2 fully saturated rings. The molecular formula is C20H27NO9. The zero-order valence-corrected chi connectivity index (χ0v) is 17.5. The van der Waals surface area contributed by atoms with Crippen molar-refractivity contribution in [2.75, 3.05) is 45.5 Å². The molecule has 5 atom stereocenters. The molecule has 1 unspecified atom stereocenters. The Morgan fingerprint density at radius 1 is 1.10 bits per heavy atom. The maximum Gasteiger partial charge on any atom is 0.414 e. The van der Waals surface area contributed by atoms with Gasteiger partial charge in [-0.3, -0.25) is 4.90 Å². The minimum Gasteiger partial charge on any atom is -0.486 e. The minimum absolute atomic E-state index is 0.201. The van der Waals surface area contributed by atoms with Crippen LogP contribution in [0.1, 0.15) is 13.8 Å². The second-order valence-electron chi connectivity index (χ2n) is 7.58. The van der Waals surface area contributed by atoms with Gasteiger partial charge in [-0.2, -0.15) is 0 Å². The molecule has 1 aromatic rings. The third kappa shape index (κ3) is 3.38. The lowest BCUT2D eigenvalue weighted by molar-refractivity contribution is -0.454. The van der Waals surface area contributed by atoms with E-state index < -0.39 is 36.0 Å². The highest BCUT2D eigenvalue weighted by Gasteiger charge is 2.59. The number of anilines is 1. The van der Waals surface area contributed by atoms with E-state index in [4.69, 9.17) is 33.2 Å². The van der Waals surface area contributed by atoms with Crippen molar-refractivity contribution in [3.63, 3.8) is 0 Å². The summed E-state index contributed by atoms with van der Waals surface area (Å²) in [6.45, 7) is 4.13. The van der Waals surface area contributed by atoms with Gasteiger partial charge in [0, 0.05) is 20.3 Å². The first kappa shape index (κ1) is 21.1. The Hall–Kier alpha value is -2.11. The first-order valence-electron chi connectivity index (χ1n) is 9.78. The number of hydrogen-bond donors (Lipinski definition) is 1. The van der Waals surface area contributed by atoms with Crippen molar-refractivity contribution in [3.8, 4) is 11.5 Å². The first-order valence-corrected chi connectivity index (χ1v) is 9.78. The van der Waals surface area contributed by atoms with E-state index in [1.54, 1.807) is 32.0 Å². The summed E-state index contributed by atoms with van der Waals surface area (Å²) in [6.07, 6.45) is -2.78. The van der Waals surface area contributed by atoms with E-state index in [1.165, 1.54) is 19.1 Å². The molecule has 1 amide bonds. The number of rotatable bonds is 5. The highest BCUT2D eigenvalue weighted by molar-refractivity contribution is 5.90. The molecule has 0 aliphatic carbocycles. The number of hydrogen-bond acceptors (Lipinski definition) is 9. The number of amides is 1. The lowest BCUT2D eigenvalue weighted by atomic mass is 10.0. The lowest BCUT2D eigenvalue weighted by Crippen LogP contribution is -2.68. The number of carbonyl (C=O) groups excluding carboxylic acids is 1. The molecule has 3 heterocycles. The number of fused-ring (bicyclic) bond motifs is 1. The summed E-state index contributed by atoms with van der Waals surface area (Å²) in [5.74, 6) is -1.34. The van der Waals surface area contributed by atoms with Crippen LogP contribution in [0.25, 0.3) is 0 Å². The summed E-state index contributed by atoms with van der Waals surface area (Å²) in [7, 11) is 2.94. The van der Waals surface area contributed by atoms with Gasteiger partial charge in [0.05, 0.1) is 18.8 Å². The molecule has 0 spiro atoms. The van der Waals surface area contributed by atoms with Crippen molar-refractivity contribution in [2.24, 2.45) is 0 Å². The van der Waals surface area contributed by atoms with E-state index in [0.29, 0.717) is 30.4 Å². The van der Waals surface area contributed by atoms with Gasteiger partial charge in [0.1, 0.15) is 25.4 Å². The normalized spacial score (nSPS) is 36.0. The van der Waals surface area contributed by atoms with E-state index in [-0.39, 0.29) is 13.2 Å². The van der Waals surface area contributed by atoms with Gasteiger partial charge >= 0.3 is 6.09 Å². The maximum absolute atomic E-state index is 12.6. The van der Waals surface area contributed by atoms with Gasteiger partial charge in [0.15, 0.2) is 17.6 Å². The molecule has 0 bridgehead atoms. The smallest absolute Gasteiger partial charge is 0.414 e. The van der Waals surface area contributed by atoms with Crippen LogP contribution in [0.3, 0.4) is 0 Å². The van der Waals surface area contributed by atoms with Crippen LogP contribution in [-0.2, 0) is 23.7 Å². The van der Waals surface area contributed by atoms with Crippen LogP contribution >= 0.6 is 0 Å². The largest absolute Gasteiger partial charge is 0.486 e. The molecule has 0 saturated carbocycles. The Bertz CT molecular complexity index is 804. The summed E-state index contributed by atoms with van der Waals surface area (Å²) in [6, 6.07) is 5.26. The van der Waals surface area contributed by atoms with Crippen LogP contribution < -0.4 is 14.4 Å². The van der Waals surface area contributed by atoms with Gasteiger partial charge < -0.3 is 38.3 Å². The second-order valence-corrected chi connectivity index (χ2v) is 7.58. The van der Waals surface area contributed by atoms with Crippen LogP contribution in [0.15, 0.2) is 18.2 Å². The van der Waals surface area contributed by atoms with Crippen molar-refractivity contribution in [1.29, 1.82) is 0 Å². The van der Waals surface area contributed by atoms with Gasteiger partial charge in [-0.25, -0.2) is 4.79 Å². The molecule has 3 aliphatic rings. The predicted octanol–water partition coefficient (Wildman–Crippen LogP) is 1.28. The fraction of sp³-hybridized carbons (Fsp3) is 0.650. The molecule has 2 saturated heterocycles. The number of benzene rings is 1. The highest BCUT2D eigenvalue weighted by Crippen LogP contribution is 2.42. The molecule has 10 heteroatoms. The standard InChI is InChI=1S/C20H27NO9/c1-19(24-3)20(2,25-4)30-17(16(11-22)29-19)15-10-21(18(23)28-15)12-5-6-13-14(9-12)27-8-7-26-13/h5-6,9,15-17,22H,7-8,10-11H2,1-4H3/t15?,16-,17-,19+,20+/m0/s1. The van der Waals surface area contributed by atoms with Crippen LogP contribution in [0, 0.1) is 0 Å². The van der Waals surface area contributed by atoms with E-state index in [2.05, 4.69) is 0 Å². The number of nitrogens with zero attached hydrogens (tertiary/aromatic N) is 1.